The minimum absolute atomic E-state index is 0.164. The van der Waals surface area contributed by atoms with Gasteiger partial charge in [-0.3, -0.25) is 0 Å². The van der Waals surface area contributed by atoms with E-state index in [1.165, 1.54) is 22.4 Å². The van der Waals surface area contributed by atoms with Crippen molar-refractivity contribution in [1.82, 2.24) is 0 Å². The van der Waals surface area contributed by atoms with Gasteiger partial charge >= 0.3 is 0 Å². The van der Waals surface area contributed by atoms with E-state index in [-0.39, 0.29) is 6.04 Å². The lowest BCUT2D eigenvalue weighted by Crippen LogP contribution is -2.22. The summed E-state index contributed by atoms with van der Waals surface area (Å²) in [5, 5.41) is 0. The zero-order valence-corrected chi connectivity index (χ0v) is 14.5. The summed E-state index contributed by atoms with van der Waals surface area (Å²) in [6, 6.07) is 15.1. The van der Waals surface area contributed by atoms with Gasteiger partial charge < -0.3 is 10.6 Å². The first-order valence-electron chi connectivity index (χ1n) is 7.27. The molecule has 2 aromatic carbocycles. The summed E-state index contributed by atoms with van der Waals surface area (Å²) in [5.74, 6) is 0. The van der Waals surface area contributed by atoms with Crippen LogP contribution in [0.5, 0.6) is 0 Å². The quantitative estimate of drug-likeness (QED) is 0.875. The van der Waals surface area contributed by atoms with Gasteiger partial charge in [-0.2, -0.15) is 0 Å². The molecule has 0 saturated heterocycles. The number of halogens is 1. The Bertz CT molecular complexity index is 608. The molecule has 0 bridgehead atoms. The van der Waals surface area contributed by atoms with Crippen LogP contribution in [0.2, 0.25) is 0 Å². The molecule has 0 aromatic heterocycles. The maximum Gasteiger partial charge on any atom is 0.0428 e. The van der Waals surface area contributed by atoms with Gasteiger partial charge in [-0.25, -0.2) is 0 Å². The van der Waals surface area contributed by atoms with Crippen LogP contribution in [0.1, 0.15) is 23.6 Å². The van der Waals surface area contributed by atoms with E-state index in [2.05, 4.69) is 77.3 Å². The van der Waals surface area contributed by atoms with Crippen LogP contribution in [0, 0.1) is 6.92 Å². The Morgan fingerprint density at radius 2 is 1.86 bits per heavy atom. The molecule has 2 aromatic rings. The second-order valence-electron chi connectivity index (χ2n) is 5.74. The second kappa shape index (κ2) is 7.10. The Morgan fingerprint density at radius 1 is 1.14 bits per heavy atom. The molecular formula is C18H23BrN2. The zero-order chi connectivity index (χ0) is 15.4. The lowest BCUT2D eigenvalue weighted by Gasteiger charge is -2.24. The first-order chi connectivity index (χ1) is 9.97. The average molecular weight is 347 g/mol. The number of benzene rings is 2. The van der Waals surface area contributed by atoms with Crippen molar-refractivity contribution in [2.45, 2.75) is 32.9 Å². The standard InChI is InChI=1S/C18H23BrN2/c1-13-6-4-5-7-16(13)12-21(3)18-11-17(19)9-8-15(18)10-14(2)20/h4-9,11,14H,10,12,20H2,1-3H3. The molecule has 0 aliphatic heterocycles. The summed E-state index contributed by atoms with van der Waals surface area (Å²) in [5.41, 5.74) is 11.2. The molecular weight excluding hydrogens is 324 g/mol. The van der Waals surface area contributed by atoms with E-state index >= 15 is 0 Å². The number of nitrogens with zero attached hydrogens (tertiary/aromatic N) is 1. The second-order valence-corrected chi connectivity index (χ2v) is 6.65. The Morgan fingerprint density at radius 3 is 2.52 bits per heavy atom. The normalized spacial score (nSPS) is 12.2. The van der Waals surface area contributed by atoms with Crippen molar-refractivity contribution in [3.63, 3.8) is 0 Å². The monoisotopic (exact) mass is 346 g/mol. The molecule has 0 radical (unpaired) electrons. The van der Waals surface area contributed by atoms with Gasteiger partial charge in [0.05, 0.1) is 0 Å². The Labute approximate surface area is 136 Å². The van der Waals surface area contributed by atoms with E-state index in [9.17, 15) is 0 Å². The van der Waals surface area contributed by atoms with Crippen LogP contribution < -0.4 is 10.6 Å². The fourth-order valence-corrected chi connectivity index (χ4v) is 2.89. The molecule has 0 heterocycles. The third-order valence-corrected chi connectivity index (χ3v) is 4.16. The van der Waals surface area contributed by atoms with Crippen molar-refractivity contribution in [1.29, 1.82) is 0 Å². The third kappa shape index (κ3) is 4.32. The van der Waals surface area contributed by atoms with E-state index < -0.39 is 0 Å². The highest BCUT2D eigenvalue weighted by Crippen LogP contribution is 2.27. The predicted molar refractivity (Wildman–Crippen MR) is 94.8 cm³/mol. The fourth-order valence-electron chi connectivity index (χ4n) is 2.54. The molecule has 2 rings (SSSR count). The number of hydrogen-bond donors (Lipinski definition) is 1. The molecule has 0 aliphatic rings. The molecule has 2 N–H and O–H groups in total. The molecule has 3 heteroatoms. The minimum atomic E-state index is 0.164. The van der Waals surface area contributed by atoms with Crippen molar-refractivity contribution < 1.29 is 0 Å². The highest BCUT2D eigenvalue weighted by atomic mass is 79.9. The van der Waals surface area contributed by atoms with Crippen LogP contribution in [-0.2, 0) is 13.0 Å². The third-order valence-electron chi connectivity index (χ3n) is 3.67. The molecule has 0 amide bonds. The first-order valence-corrected chi connectivity index (χ1v) is 8.06. The zero-order valence-electron chi connectivity index (χ0n) is 12.9. The van der Waals surface area contributed by atoms with Crippen LogP contribution in [0.4, 0.5) is 5.69 Å². The van der Waals surface area contributed by atoms with Crippen LogP contribution >= 0.6 is 15.9 Å². The Hall–Kier alpha value is -1.32. The van der Waals surface area contributed by atoms with Crippen molar-refractivity contribution in [3.8, 4) is 0 Å². The molecule has 2 nitrogen and oxygen atoms in total. The largest absolute Gasteiger partial charge is 0.370 e. The lowest BCUT2D eigenvalue weighted by atomic mass is 10.0. The summed E-state index contributed by atoms with van der Waals surface area (Å²) in [6.45, 7) is 5.11. The topological polar surface area (TPSA) is 29.3 Å². The van der Waals surface area contributed by atoms with E-state index in [0.29, 0.717) is 0 Å². The van der Waals surface area contributed by atoms with Gasteiger partial charge in [0.15, 0.2) is 0 Å². The van der Waals surface area contributed by atoms with Gasteiger partial charge in [-0.15, -0.1) is 0 Å². The summed E-state index contributed by atoms with van der Waals surface area (Å²) >= 11 is 3.57. The molecule has 21 heavy (non-hydrogen) atoms. The maximum atomic E-state index is 5.98. The summed E-state index contributed by atoms with van der Waals surface area (Å²) in [7, 11) is 2.14. The number of aryl methyl sites for hydroxylation is 1. The van der Waals surface area contributed by atoms with Gasteiger partial charge in [0.25, 0.3) is 0 Å². The van der Waals surface area contributed by atoms with Gasteiger partial charge in [-0.1, -0.05) is 46.3 Å². The number of rotatable bonds is 5. The SMILES string of the molecule is Cc1ccccc1CN(C)c1cc(Br)ccc1CC(C)N. The molecule has 1 unspecified atom stereocenters. The van der Waals surface area contributed by atoms with Crippen LogP contribution in [0.25, 0.3) is 0 Å². The van der Waals surface area contributed by atoms with Crippen molar-refractivity contribution in [3.05, 3.63) is 63.6 Å². The van der Waals surface area contributed by atoms with Crippen molar-refractivity contribution >= 4 is 21.6 Å². The Balaban J connectivity index is 2.27. The molecule has 112 valence electrons. The molecule has 1 atom stereocenters. The van der Waals surface area contributed by atoms with Crippen LogP contribution in [0.15, 0.2) is 46.9 Å². The summed E-state index contributed by atoms with van der Waals surface area (Å²) in [6.07, 6.45) is 0.890. The van der Waals surface area contributed by atoms with E-state index in [4.69, 9.17) is 5.73 Å². The van der Waals surface area contributed by atoms with Crippen LogP contribution in [-0.4, -0.2) is 13.1 Å². The van der Waals surface area contributed by atoms with Gasteiger partial charge in [0.2, 0.25) is 0 Å². The summed E-state index contributed by atoms with van der Waals surface area (Å²) in [4.78, 5) is 2.30. The molecule has 0 saturated carbocycles. The smallest absolute Gasteiger partial charge is 0.0428 e. The molecule has 0 spiro atoms. The highest BCUT2D eigenvalue weighted by molar-refractivity contribution is 9.10. The van der Waals surface area contributed by atoms with Crippen molar-refractivity contribution in [2.24, 2.45) is 5.73 Å². The van der Waals surface area contributed by atoms with E-state index in [0.717, 1.165) is 17.4 Å². The molecule has 0 fully saturated rings. The lowest BCUT2D eigenvalue weighted by molar-refractivity contribution is 0.734. The van der Waals surface area contributed by atoms with Gasteiger partial charge in [-0.05, 0) is 49.1 Å². The molecule has 0 aliphatic carbocycles. The Kier molecular flexibility index (Phi) is 5.43. The van der Waals surface area contributed by atoms with Gasteiger partial charge in [0.1, 0.15) is 0 Å². The number of anilines is 1. The minimum Gasteiger partial charge on any atom is -0.370 e. The van der Waals surface area contributed by atoms with E-state index in [1.54, 1.807) is 0 Å². The van der Waals surface area contributed by atoms with Gasteiger partial charge in [0, 0.05) is 29.8 Å². The predicted octanol–water partition coefficient (Wildman–Crippen LogP) is 4.28. The highest BCUT2D eigenvalue weighted by Gasteiger charge is 2.11. The first kappa shape index (κ1) is 16.1. The van der Waals surface area contributed by atoms with E-state index in [1.807, 2.05) is 6.92 Å². The maximum absolute atomic E-state index is 5.98. The average Bonchev–Trinajstić information content (AvgIpc) is 2.43. The number of nitrogens with two attached hydrogens (primary N) is 1. The van der Waals surface area contributed by atoms with Crippen LogP contribution in [0.3, 0.4) is 0 Å². The van der Waals surface area contributed by atoms with Crippen molar-refractivity contribution in [2.75, 3.05) is 11.9 Å². The summed E-state index contributed by atoms with van der Waals surface area (Å²) < 4.78 is 1.10. The number of hydrogen-bond acceptors (Lipinski definition) is 2. The fraction of sp³-hybridized carbons (Fsp3) is 0.333.